The average Bonchev–Trinajstić information content (AvgIpc) is 2.90. The Morgan fingerprint density at radius 2 is 2.06 bits per heavy atom. The predicted octanol–water partition coefficient (Wildman–Crippen LogP) is 4.59. The molecule has 7 nitrogen and oxygen atoms in total. The first kappa shape index (κ1) is 24.6. The molecule has 1 fully saturated rings. The Morgan fingerprint density at radius 1 is 1.23 bits per heavy atom. The molecule has 0 spiro atoms. The number of fused-ring (bicyclic) bond motifs is 1. The topological polar surface area (TPSA) is 80.7 Å². The van der Waals surface area contributed by atoms with E-state index in [9.17, 15) is 0 Å². The standard InChI is InChI=1S/C28H33N5O2/c1-19-6-9-22(10-7-19)23-13-25-27(26(14-23)35-17-24-16-30-11-12-34-24)32-18-33-28(25)31-15-20(2)5-8-21(3)29-4/h5-10,13-14,18,24,30H,2,11-12,15-17H2,1,3-4H3,(H,31,32,33)/b8-5-,29-21?. The molecule has 3 aromatic rings. The molecule has 0 saturated carbocycles. The van der Waals surface area contributed by atoms with Crippen LogP contribution >= 0.6 is 0 Å². The van der Waals surface area contributed by atoms with Gasteiger partial charge in [0, 0.05) is 37.8 Å². The van der Waals surface area contributed by atoms with Gasteiger partial charge in [-0.25, -0.2) is 9.97 Å². The number of hydrogen-bond acceptors (Lipinski definition) is 7. The minimum absolute atomic E-state index is 0.00601. The number of anilines is 1. The van der Waals surface area contributed by atoms with E-state index in [4.69, 9.17) is 9.47 Å². The lowest BCUT2D eigenvalue weighted by Crippen LogP contribution is -2.41. The molecule has 35 heavy (non-hydrogen) atoms. The third kappa shape index (κ3) is 6.53. The van der Waals surface area contributed by atoms with Gasteiger partial charge in [-0.3, -0.25) is 4.99 Å². The van der Waals surface area contributed by atoms with Crippen LogP contribution in [0.25, 0.3) is 22.0 Å². The highest BCUT2D eigenvalue weighted by Gasteiger charge is 2.17. The summed E-state index contributed by atoms with van der Waals surface area (Å²) in [5.74, 6) is 1.45. The third-order valence-electron chi connectivity index (χ3n) is 5.91. The fraction of sp³-hybridized carbons (Fsp3) is 0.321. The third-order valence-corrected chi connectivity index (χ3v) is 5.91. The summed E-state index contributed by atoms with van der Waals surface area (Å²) in [4.78, 5) is 13.2. The van der Waals surface area contributed by atoms with Crippen LogP contribution < -0.4 is 15.4 Å². The van der Waals surface area contributed by atoms with Crippen molar-refractivity contribution in [1.29, 1.82) is 0 Å². The summed E-state index contributed by atoms with van der Waals surface area (Å²) >= 11 is 0. The van der Waals surface area contributed by atoms with Gasteiger partial charge in [-0.1, -0.05) is 42.5 Å². The number of allylic oxidation sites excluding steroid dienone is 1. The molecular formula is C28H33N5O2. The van der Waals surface area contributed by atoms with Gasteiger partial charge in [0.15, 0.2) is 0 Å². The summed E-state index contributed by atoms with van der Waals surface area (Å²) in [7, 11) is 1.77. The van der Waals surface area contributed by atoms with Crippen LogP contribution in [0.5, 0.6) is 5.75 Å². The maximum Gasteiger partial charge on any atom is 0.146 e. The van der Waals surface area contributed by atoms with E-state index < -0.39 is 0 Å². The van der Waals surface area contributed by atoms with E-state index in [1.165, 1.54) is 5.56 Å². The quantitative estimate of drug-likeness (QED) is 0.351. The molecule has 182 valence electrons. The van der Waals surface area contributed by atoms with Crippen LogP contribution in [0, 0.1) is 6.92 Å². The van der Waals surface area contributed by atoms with E-state index in [0.29, 0.717) is 25.5 Å². The number of hydrogen-bond donors (Lipinski definition) is 2. The molecular weight excluding hydrogens is 438 g/mol. The number of benzene rings is 2. The van der Waals surface area contributed by atoms with Crippen molar-refractivity contribution in [1.82, 2.24) is 15.3 Å². The number of ether oxygens (including phenoxy) is 2. The fourth-order valence-electron chi connectivity index (χ4n) is 3.78. The van der Waals surface area contributed by atoms with Crippen molar-refractivity contribution in [3.63, 3.8) is 0 Å². The second kappa shape index (κ2) is 11.7. The number of rotatable bonds is 9. The lowest BCUT2D eigenvalue weighted by atomic mass is 10.0. The summed E-state index contributed by atoms with van der Waals surface area (Å²) in [6.45, 7) is 11.5. The van der Waals surface area contributed by atoms with Gasteiger partial charge in [0.25, 0.3) is 0 Å². The smallest absolute Gasteiger partial charge is 0.146 e. The van der Waals surface area contributed by atoms with Crippen LogP contribution in [0.4, 0.5) is 5.82 Å². The summed E-state index contributed by atoms with van der Waals surface area (Å²) < 4.78 is 12.1. The Balaban J connectivity index is 1.65. The molecule has 1 atom stereocenters. The van der Waals surface area contributed by atoms with Crippen LogP contribution in [-0.2, 0) is 4.74 Å². The molecule has 7 heteroatoms. The van der Waals surface area contributed by atoms with E-state index >= 15 is 0 Å². The first-order valence-electron chi connectivity index (χ1n) is 11.9. The Hall–Kier alpha value is -3.55. The van der Waals surface area contributed by atoms with Crippen LogP contribution in [0.15, 0.2) is 72.0 Å². The number of nitrogens with one attached hydrogen (secondary N) is 2. The van der Waals surface area contributed by atoms with Gasteiger partial charge in [-0.2, -0.15) is 0 Å². The zero-order valence-corrected chi connectivity index (χ0v) is 20.7. The Labute approximate surface area is 207 Å². The maximum absolute atomic E-state index is 6.28. The molecule has 2 N–H and O–H groups in total. The normalized spacial score (nSPS) is 16.5. The van der Waals surface area contributed by atoms with Crippen molar-refractivity contribution < 1.29 is 9.47 Å². The first-order valence-corrected chi connectivity index (χ1v) is 11.9. The first-order chi connectivity index (χ1) is 17.0. The second-order valence-corrected chi connectivity index (χ2v) is 8.68. The summed E-state index contributed by atoms with van der Waals surface area (Å²) in [6, 6.07) is 12.6. The van der Waals surface area contributed by atoms with Gasteiger partial charge >= 0.3 is 0 Å². The van der Waals surface area contributed by atoms with Gasteiger partial charge in [0.05, 0.1) is 6.61 Å². The minimum Gasteiger partial charge on any atom is -0.489 e. The van der Waals surface area contributed by atoms with Crippen molar-refractivity contribution in [3.8, 4) is 16.9 Å². The highest BCUT2D eigenvalue weighted by Crippen LogP contribution is 2.34. The zero-order valence-electron chi connectivity index (χ0n) is 20.7. The number of aryl methyl sites for hydroxylation is 1. The van der Waals surface area contributed by atoms with Gasteiger partial charge in [-0.05, 0) is 48.8 Å². The average molecular weight is 472 g/mol. The minimum atomic E-state index is 0.00601. The zero-order chi connectivity index (χ0) is 24.6. The van der Waals surface area contributed by atoms with Crippen LogP contribution in [0.1, 0.15) is 12.5 Å². The highest BCUT2D eigenvalue weighted by molar-refractivity contribution is 5.96. The summed E-state index contributed by atoms with van der Waals surface area (Å²) in [5, 5.41) is 7.66. The van der Waals surface area contributed by atoms with Crippen molar-refractivity contribution >= 4 is 22.4 Å². The van der Waals surface area contributed by atoms with Crippen molar-refractivity contribution in [2.45, 2.75) is 20.0 Å². The predicted molar refractivity (Wildman–Crippen MR) is 144 cm³/mol. The molecule has 4 rings (SSSR count). The number of morpholine rings is 1. The molecule has 0 aliphatic carbocycles. The Kier molecular flexibility index (Phi) is 8.23. The number of aromatic nitrogens is 2. The molecule has 0 amide bonds. The van der Waals surface area contributed by atoms with Crippen LogP contribution in [-0.4, -0.2) is 61.7 Å². The maximum atomic E-state index is 6.28. The van der Waals surface area contributed by atoms with Crippen molar-refractivity contribution in [2.75, 3.05) is 45.2 Å². The molecule has 1 unspecified atom stereocenters. The van der Waals surface area contributed by atoms with E-state index in [2.05, 4.69) is 75.5 Å². The monoisotopic (exact) mass is 471 g/mol. The molecule has 2 aromatic carbocycles. The van der Waals surface area contributed by atoms with Crippen molar-refractivity contribution in [2.24, 2.45) is 4.99 Å². The van der Waals surface area contributed by atoms with Gasteiger partial charge in [-0.15, -0.1) is 0 Å². The molecule has 0 bridgehead atoms. The molecule has 2 heterocycles. The lowest BCUT2D eigenvalue weighted by Gasteiger charge is -2.24. The Morgan fingerprint density at radius 3 is 2.80 bits per heavy atom. The second-order valence-electron chi connectivity index (χ2n) is 8.68. The largest absolute Gasteiger partial charge is 0.489 e. The highest BCUT2D eigenvalue weighted by atomic mass is 16.5. The van der Waals surface area contributed by atoms with E-state index in [1.54, 1.807) is 13.4 Å². The van der Waals surface area contributed by atoms with Crippen LogP contribution in [0.3, 0.4) is 0 Å². The Bertz CT molecular complexity index is 1230. The van der Waals surface area contributed by atoms with Crippen LogP contribution in [0.2, 0.25) is 0 Å². The molecule has 1 saturated heterocycles. The van der Waals surface area contributed by atoms with E-state index in [-0.39, 0.29) is 6.10 Å². The van der Waals surface area contributed by atoms with E-state index in [1.807, 2.05) is 19.1 Å². The molecule has 1 aliphatic rings. The SMILES string of the molecule is C=C(/C=C\C(C)=NC)CNc1ncnc2c(OCC3CNCCO3)cc(-c3ccc(C)cc3)cc12. The summed E-state index contributed by atoms with van der Waals surface area (Å²) in [5.41, 5.74) is 6.00. The van der Waals surface area contributed by atoms with Gasteiger partial charge < -0.3 is 20.1 Å². The van der Waals surface area contributed by atoms with E-state index in [0.717, 1.165) is 52.2 Å². The molecule has 1 aliphatic heterocycles. The van der Waals surface area contributed by atoms with Gasteiger partial charge in [0.2, 0.25) is 0 Å². The summed E-state index contributed by atoms with van der Waals surface area (Å²) in [6.07, 6.45) is 5.48. The lowest BCUT2D eigenvalue weighted by molar-refractivity contribution is 0.000483. The number of nitrogens with zero attached hydrogens (tertiary/aromatic N) is 3. The molecule has 1 aromatic heterocycles. The fourth-order valence-corrected chi connectivity index (χ4v) is 3.78. The number of aliphatic imine (C=N–C) groups is 1. The molecule has 0 radical (unpaired) electrons. The van der Waals surface area contributed by atoms with Gasteiger partial charge in [0.1, 0.15) is 36.1 Å². The van der Waals surface area contributed by atoms with Crippen molar-refractivity contribution in [3.05, 3.63) is 72.6 Å².